The topological polar surface area (TPSA) is 29.9 Å². The molecule has 0 saturated heterocycles. The fourth-order valence-electron chi connectivity index (χ4n) is 2.19. The van der Waals surface area contributed by atoms with Gasteiger partial charge >= 0.3 is 0 Å². The predicted octanol–water partition coefficient (Wildman–Crippen LogP) is 2.99. The Kier molecular flexibility index (Phi) is 4.19. The molecule has 0 bridgehead atoms. The van der Waals surface area contributed by atoms with E-state index in [4.69, 9.17) is 0 Å². The van der Waals surface area contributed by atoms with Crippen LogP contribution in [0.5, 0.6) is 0 Å². The van der Waals surface area contributed by atoms with Gasteiger partial charge in [0.05, 0.1) is 5.69 Å². The number of nitrogens with zero attached hydrogens (tertiary/aromatic N) is 2. The highest BCUT2D eigenvalue weighted by molar-refractivity contribution is 9.10. The molecule has 2 aromatic rings. The highest BCUT2D eigenvalue weighted by atomic mass is 79.9. The van der Waals surface area contributed by atoms with E-state index >= 15 is 0 Å². The molecule has 0 spiro atoms. The Balaban J connectivity index is 2.25. The van der Waals surface area contributed by atoms with Crippen molar-refractivity contribution in [1.82, 2.24) is 15.1 Å². The fourth-order valence-corrected chi connectivity index (χ4v) is 2.75. The molecule has 4 heteroatoms. The van der Waals surface area contributed by atoms with Gasteiger partial charge < -0.3 is 5.32 Å². The van der Waals surface area contributed by atoms with Crippen LogP contribution >= 0.6 is 15.9 Å². The van der Waals surface area contributed by atoms with Crippen molar-refractivity contribution >= 4 is 15.9 Å². The van der Waals surface area contributed by atoms with Crippen LogP contribution in [0.1, 0.15) is 23.0 Å². The summed E-state index contributed by atoms with van der Waals surface area (Å²) in [6, 6.07) is 10.8. The van der Waals surface area contributed by atoms with Crippen molar-refractivity contribution in [3.8, 4) is 0 Å². The SMILES string of the molecule is CNC(Cc1cc(C)nn1C)c1ccccc1Br. The summed E-state index contributed by atoms with van der Waals surface area (Å²) in [7, 11) is 3.99. The molecule has 2 rings (SSSR count). The van der Waals surface area contributed by atoms with Crippen LogP contribution in [0.3, 0.4) is 0 Å². The van der Waals surface area contributed by atoms with Gasteiger partial charge in [-0.25, -0.2) is 0 Å². The molecule has 1 atom stereocenters. The third kappa shape index (κ3) is 2.82. The fraction of sp³-hybridized carbons (Fsp3) is 0.357. The number of aryl methyl sites for hydroxylation is 2. The Morgan fingerprint density at radius 1 is 1.39 bits per heavy atom. The lowest BCUT2D eigenvalue weighted by atomic mass is 10.0. The zero-order chi connectivity index (χ0) is 13.1. The Bertz CT molecular complexity index is 534. The molecule has 1 unspecified atom stereocenters. The van der Waals surface area contributed by atoms with E-state index in [1.165, 1.54) is 11.3 Å². The second-order valence-corrected chi connectivity index (χ2v) is 5.32. The maximum atomic E-state index is 4.39. The highest BCUT2D eigenvalue weighted by Crippen LogP contribution is 2.25. The molecular formula is C14H18BrN3. The molecule has 96 valence electrons. The predicted molar refractivity (Wildman–Crippen MR) is 77.6 cm³/mol. The Hall–Kier alpha value is -1.13. The maximum absolute atomic E-state index is 4.39. The number of nitrogens with one attached hydrogen (secondary N) is 1. The summed E-state index contributed by atoms with van der Waals surface area (Å²) in [6.07, 6.45) is 0.927. The number of hydrogen-bond donors (Lipinski definition) is 1. The quantitative estimate of drug-likeness (QED) is 0.941. The van der Waals surface area contributed by atoms with Gasteiger partial charge in [-0.15, -0.1) is 0 Å². The molecule has 0 saturated carbocycles. The maximum Gasteiger partial charge on any atom is 0.0596 e. The second kappa shape index (κ2) is 5.67. The molecule has 1 aromatic heterocycles. The van der Waals surface area contributed by atoms with E-state index in [-0.39, 0.29) is 6.04 Å². The molecule has 3 nitrogen and oxygen atoms in total. The molecule has 1 aromatic carbocycles. The van der Waals surface area contributed by atoms with Gasteiger partial charge in [0, 0.05) is 29.7 Å². The lowest BCUT2D eigenvalue weighted by Gasteiger charge is -2.18. The van der Waals surface area contributed by atoms with Crippen LogP contribution in [0.15, 0.2) is 34.8 Å². The molecule has 0 fully saturated rings. The molecule has 0 aliphatic heterocycles. The monoisotopic (exact) mass is 307 g/mol. The number of likely N-dealkylation sites (N-methyl/N-ethyl adjacent to an activating group) is 1. The second-order valence-electron chi connectivity index (χ2n) is 4.47. The number of hydrogen-bond acceptors (Lipinski definition) is 2. The van der Waals surface area contributed by atoms with Crippen molar-refractivity contribution in [3.05, 3.63) is 51.8 Å². The molecule has 0 radical (unpaired) electrons. The van der Waals surface area contributed by atoms with Crippen LogP contribution in [0.4, 0.5) is 0 Å². The van der Waals surface area contributed by atoms with Gasteiger partial charge in [-0.2, -0.15) is 5.10 Å². The average Bonchev–Trinajstić information content (AvgIpc) is 2.66. The van der Waals surface area contributed by atoms with Gasteiger partial charge in [-0.05, 0) is 31.7 Å². The highest BCUT2D eigenvalue weighted by Gasteiger charge is 2.15. The number of benzene rings is 1. The first-order chi connectivity index (χ1) is 8.61. The van der Waals surface area contributed by atoms with Gasteiger partial charge in [0.25, 0.3) is 0 Å². The molecule has 0 amide bonds. The van der Waals surface area contributed by atoms with E-state index in [9.17, 15) is 0 Å². The van der Waals surface area contributed by atoms with Crippen molar-refractivity contribution in [2.45, 2.75) is 19.4 Å². The molecule has 0 aliphatic carbocycles. The Labute approximate surface area is 116 Å². The van der Waals surface area contributed by atoms with Crippen molar-refractivity contribution in [3.63, 3.8) is 0 Å². The third-order valence-corrected chi connectivity index (χ3v) is 3.86. The van der Waals surface area contributed by atoms with Gasteiger partial charge in [-0.3, -0.25) is 4.68 Å². The van der Waals surface area contributed by atoms with E-state index < -0.39 is 0 Å². The van der Waals surface area contributed by atoms with Crippen LogP contribution < -0.4 is 5.32 Å². The van der Waals surface area contributed by atoms with Gasteiger partial charge in [0.2, 0.25) is 0 Å². The molecule has 1 N–H and O–H groups in total. The first kappa shape index (κ1) is 13.3. The summed E-state index contributed by atoms with van der Waals surface area (Å²) < 4.78 is 3.10. The van der Waals surface area contributed by atoms with Crippen LogP contribution in [0, 0.1) is 6.92 Å². The van der Waals surface area contributed by atoms with Crippen LogP contribution in [0.25, 0.3) is 0 Å². The molecule has 18 heavy (non-hydrogen) atoms. The van der Waals surface area contributed by atoms with Crippen LogP contribution in [-0.4, -0.2) is 16.8 Å². The van der Waals surface area contributed by atoms with Crippen molar-refractivity contribution < 1.29 is 0 Å². The standard InChI is InChI=1S/C14H18BrN3/c1-10-8-11(18(3)17-10)9-14(16-2)12-6-4-5-7-13(12)15/h4-8,14,16H,9H2,1-3H3. The van der Waals surface area contributed by atoms with E-state index in [2.05, 4.69) is 50.6 Å². The summed E-state index contributed by atoms with van der Waals surface area (Å²) in [4.78, 5) is 0. The van der Waals surface area contributed by atoms with E-state index in [0.29, 0.717) is 0 Å². The molecule has 0 aliphatic rings. The average molecular weight is 308 g/mol. The lowest BCUT2D eigenvalue weighted by Crippen LogP contribution is -2.20. The van der Waals surface area contributed by atoms with Gasteiger partial charge in [0.1, 0.15) is 0 Å². The first-order valence-electron chi connectivity index (χ1n) is 6.03. The third-order valence-electron chi connectivity index (χ3n) is 3.14. The largest absolute Gasteiger partial charge is 0.313 e. The molecular weight excluding hydrogens is 290 g/mol. The lowest BCUT2D eigenvalue weighted by molar-refractivity contribution is 0.559. The summed E-state index contributed by atoms with van der Waals surface area (Å²) in [5.41, 5.74) is 3.58. The van der Waals surface area contributed by atoms with Crippen LogP contribution in [-0.2, 0) is 13.5 Å². The smallest absolute Gasteiger partial charge is 0.0596 e. The van der Waals surface area contributed by atoms with E-state index in [0.717, 1.165) is 16.6 Å². The summed E-state index contributed by atoms with van der Waals surface area (Å²) in [6.45, 7) is 2.02. The Morgan fingerprint density at radius 3 is 2.67 bits per heavy atom. The van der Waals surface area contributed by atoms with Crippen molar-refractivity contribution in [2.75, 3.05) is 7.05 Å². The zero-order valence-corrected chi connectivity index (χ0v) is 12.5. The minimum Gasteiger partial charge on any atom is -0.313 e. The van der Waals surface area contributed by atoms with Crippen molar-refractivity contribution in [2.24, 2.45) is 7.05 Å². The summed E-state index contributed by atoms with van der Waals surface area (Å²) >= 11 is 3.61. The minimum absolute atomic E-state index is 0.287. The Morgan fingerprint density at radius 2 is 2.11 bits per heavy atom. The molecule has 1 heterocycles. The summed E-state index contributed by atoms with van der Waals surface area (Å²) in [5, 5.41) is 7.76. The van der Waals surface area contributed by atoms with Crippen molar-refractivity contribution in [1.29, 1.82) is 0 Å². The minimum atomic E-state index is 0.287. The normalized spacial score (nSPS) is 12.7. The van der Waals surface area contributed by atoms with Crippen LogP contribution in [0.2, 0.25) is 0 Å². The van der Waals surface area contributed by atoms with E-state index in [1.807, 2.05) is 31.8 Å². The van der Waals surface area contributed by atoms with E-state index in [1.54, 1.807) is 0 Å². The zero-order valence-electron chi connectivity index (χ0n) is 10.9. The number of rotatable bonds is 4. The van der Waals surface area contributed by atoms with Gasteiger partial charge in [-0.1, -0.05) is 34.1 Å². The number of halogens is 1. The first-order valence-corrected chi connectivity index (χ1v) is 6.82. The number of aromatic nitrogens is 2. The van der Waals surface area contributed by atoms with Gasteiger partial charge in [0.15, 0.2) is 0 Å². The summed E-state index contributed by atoms with van der Waals surface area (Å²) in [5.74, 6) is 0.